The van der Waals surface area contributed by atoms with E-state index in [9.17, 15) is 4.79 Å². The largest absolute Gasteiger partial charge is 0.346 e. The summed E-state index contributed by atoms with van der Waals surface area (Å²) in [5, 5.41) is 18.1. The number of aromatic nitrogens is 6. The number of nitrogens with zero attached hydrogens (tertiary/aromatic N) is 5. The van der Waals surface area contributed by atoms with Crippen LogP contribution in [0.25, 0.3) is 5.78 Å². The van der Waals surface area contributed by atoms with E-state index in [2.05, 4.69) is 30.7 Å². The monoisotopic (exact) mass is 311 g/mol. The fraction of sp³-hybridized carbons (Fsp3) is 0.400. The summed E-state index contributed by atoms with van der Waals surface area (Å²) in [7, 11) is 0. The zero-order chi connectivity index (χ0) is 16.0. The second-order valence-corrected chi connectivity index (χ2v) is 5.98. The second kappa shape index (κ2) is 5.15. The number of aromatic amines is 1. The predicted octanol–water partition coefficient (Wildman–Crippen LogP) is 0.752. The Morgan fingerprint density at radius 1 is 1.39 bits per heavy atom. The lowest BCUT2D eigenvalue weighted by molar-refractivity contribution is 0.0921. The zero-order valence-electron chi connectivity index (χ0n) is 13.0. The summed E-state index contributed by atoms with van der Waals surface area (Å²) in [4.78, 5) is 16.9. The van der Waals surface area contributed by atoms with Gasteiger partial charge < -0.3 is 5.32 Å². The van der Waals surface area contributed by atoms with Gasteiger partial charge in [0.2, 0.25) is 5.82 Å². The third-order valence-electron chi connectivity index (χ3n) is 4.25. The zero-order valence-corrected chi connectivity index (χ0v) is 13.0. The molecule has 0 aromatic carbocycles. The van der Waals surface area contributed by atoms with Gasteiger partial charge in [0.15, 0.2) is 0 Å². The molecular weight excluding hydrogens is 294 g/mol. The highest BCUT2D eigenvalue weighted by Crippen LogP contribution is 2.19. The van der Waals surface area contributed by atoms with Crippen LogP contribution in [0.15, 0.2) is 12.3 Å². The lowest BCUT2D eigenvalue weighted by Gasteiger charge is -2.22. The highest BCUT2D eigenvalue weighted by molar-refractivity contribution is 5.91. The van der Waals surface area contributed by atoms with E-state index >= 15 is 0 Å². The SMILES string of the molecule is Cc1cc(C)n2c(C(=O)NC3CCc4cn[nH]c4C3)nnc2n1. The third-order valence-corrected chi connectivity index (χ3v) is 4.25. The predicted molar refractivity (Wildman–Crippen MR) is 82.1 cm³/mol. The fourth-order valence-electron chi connectivity index (χ4n) is 3.16. The van der Waals surface area contributed by atoms with Crippen molar-refractivity contribution >= 4 is 11.7 Å². The van der Waals surface area contributed by atoms with Crippen molar-refractivity contribution in [2.45, 2.75) is 39.2 Å². The van der Waals surface area contributed by atoms with Crippen molar-refractivity contribution in [3.63, 3.8) is 0 Å². The van der Waals surface area contributed by atoms with Gasteiger partial charge >= 0.3 is 0 Å². The van der Waals surface area contributed by atoms with Crippen molar-refractivity contribution in [2.24, 2.45) is 0 Å². The van der Waals surface area contributed by atoms with Crippen molar-refractivity contribution in [1.29, 1.82) is 0 Å². The maximum Gasteiger partial charge on any atom is 0.289 e. The molecule has 8 heteroatoms. The average molecular weight is 311 g/mol. The second-order valence-electron chi connectivity index (χ2n) is 5.98. The number of hydrogen-bond donors (Lipinski definition) is 2. The van der Waals surface area contributed by atoms with Crippen molar-refractivity contribution < 1.29 is 4.79 Å². The normalized spacial score (nSPS) is 17.2. The van der Waals surface area contributed by atoms with Gasteiger partial charge in [-0.25, -0.2) is 4.98 Å². The smallest absolute Gasteiger partial charge is 0.289 e. The molecule has 1 unspecified atom stereocenters. The van der Waals surface area contributed by atoms with Crippen LogP contribution in [-0.4, -0.2) is 41.7 Å². The molecule has 3 aromatic rings. The van der Waals surface area contributed by atoms with Crippen LogP contribution in [0.5, 0.6) is 0 Å². The first-order valence-corrected chi connectivity index (χ1v) is 7.63. The van der Waals surface area contributed by atoms with Gasteiger partial charge in [0.25, 0.3) is 11.7 Å². The number of H-pyrrole nitrogens is 1. The number of fused-ring (bicyclic) bond motifs is 2. The molecule has 0 spiro atoms. The Labute approximate surface area is 132 Å². The molecule has 1 atom stereocenters. The summed E-state index contributed by atoms with van der Waals surface area (Å²) in [6, 6.07) is 1.98. The minimum Gasteiger partial charge on any atom is -0.346 e. The molecule has 0 radical (unpaired) electrons. The van der Waals surface area contributed by atoms with Gasteiger partial charge in [0.1, 0.15) is 0 Å². The molecule has 3 aromatic heterocycles. The van der Waals surface area contributed by atoms with Gasteiger partial charge in [0.05, 0.1) is 6.20 Å². The Hall–Kier alpha value is -2.77. The Bertz CT molecular complexity index is 895. The van der Waals surface area contributed by atoms with E-state index in [1.54, 1.807) is 4.40 Å². The molecular formula is C15H17N7O. The lowest BCUT2D eigenvalue weighted by Crippen LogP contribution is -2.39. The van der Waals surface area contributed by atoms with Gasteiger partial charge in [-0.15, -0.1) is 10.2 Å². The van der Waals surface area contributed by atoms with Crippen LogP contribution in [0.2, 0.25) is 0 Å². The van der Waals surface area contributed by atoms with Crippen LogP contribution in [0.4, 0.5) is 0 Å². The number of amides is 1. The van der Waals surface area contributed by atoms with Crippen LogP contribution in [0.1, 0.15) is 39.7 Å². The van der Waals surface area contributed by atoms with Crippen LogP contribution in [-0.2, 0) is 12.8 Å². The molecule has 1 aliphatic rings. The number of carbonyl (C=O) groups is 1. The van der Waals surface area contributed by atoms with Gasteiger partial charge in [-0.3, -0.25) is 14.3 Å². The first-order chi connectivity index (χ1) is 11.1. The van der Waals surface area contributed by atoms with Crippen molar-refractivity contribution in [3.05, 3.63) is 40.7 Å². The molecule has 1 aliphatic carbocycles. The van der Waals surface area contributed by atoms with Gasteiger partial charge in [0, 0.05) is 29.5 Å². The summed E-state index contributed by atoms with van der Waals surface area (Å²) < 4.78 is 1.69. The maximum absolute atomic E-state index is 12.6. The van der Waals surface area contributed by atoms with E-state index in [0.29, 0.717) is 5.78 Å². The number of rotatable bonds is 2. The fourth-order valence-corrected chi connectivity index (χ4v) is 3.16. The first-order valence-electron chi connectivity index (χ1n) is 7.63. The van der Waals surface area contributed by atoms with Gasteiger partial charge in [-0.1, -0.05) is 0 Å². The molecule has 1 amide bonds. The van der Waals surface area contributed by atoms with Crippen molar-refractivity contribution in [3.8, 4) is 0 Å². The van der Waals surface area contributed by atoms with Gasteiger partial charge in [-0.2, -0.15) is 5.10 Å². The summed E-state index contributed by atoms with van der Waals surface area (Å²) >= 11 is 0. The third kappa shape index (κ3) is 2.36. The van der Waals surface area contributed by atoms with Crippen LogP contribution in [0.3, 0.4) is 0 Å². The minimum atomic E-state index is -0.223. The molecule has 0 bridgehead atoms. The highest BCUT2D eigenvalue weighted by Gasteiger charge is 2.24. The summed E-state index contributed by atoms with van der Waals surface area (Å²) in [6.45, 7) is 3.81. The summed E-state index contributed by atoms with van der Waals surface area (Å²) in [5.74, 6) is 0.506. The molecule has 23 heavy (non-hydrogen) atoms. The molecule has 0 saturated carbocycles. The molecule has 8 nitrogen and oxygen atoms in total. The average Bonchev–Trinajstić information content (AvgIpc) is 3.12. The van der Waals surface area contributed by atoms with E-state index in [4.69, 9.17) is 0 Å². The Balaban J connectivity index is 1.58. The molecule has 0 saturated heterocycles. The highest BCUT2D eigenvalue weighted by atomic mass is 16.2. The van der Waals surface area contributed by atoms with E-state index in [-0.39, 0.29) is 17.8 Å². The van der Waals surface area contributed by atoms with E-state index < -0.39 is 0 Å². The lowest BCUT2D eigenvalue weighted by atomic mass is 9.94. The Morgan fingerprint density at radius 2 is 2.26 bits per heavy atom. The number of aryl methyl sites for hydroxylation is 3. The first kappa shape index (κ1) is 13.9. The Morgan fingerprint density at radius 3 is 3.13 bits per heavy atom. The molecule has 118 valence electrons. The van der Waals surface area contributed by atoms with Crippen LogP contribution < -0.4 is 5.32 Å². The summed E-state index contributed by atoms with van der Waals surface area (Å²) in [6.07, 6.45) is 4.42. The quantitative estimate of drug-likeness (QED) is 0.727. The van der Waals surface area contributed by atoms with Crippen molar-refractivity contribution in [1.82, 2.24) is 35.1 Å². The molecule has 2 N–H and O–H groups in total. The van der Waals surface area contributed by atoms with Crippen molar-refractivity contribution in [2.75, 3.05) is 0 Å². The van der Waals surface area contributed by atoms with Crippen LogP contribution >= 0.6 is 0 Å². The maximum atomic E-state index is 12.6. The minimum absolute atomic E-state index is 0.0708. The Kier molecular flexibility index (Phi) is 3.10. The van der Waals surface area contributed by atoms with Crippen LogP contribution in [0, 0.1) is 13.8 Å². The van der Waals surface area contributed by atoms with Gasteiger partial charge in [-0.05, 0) is 38.3 Å². The standard InChI is InChI=1S/C15H17N7O/c1-8-5-9(2)22-13(20-21-15(22)17-8)14(23)18-11-4-3-10-7-16-19-12(10)6-11/h5,7,11H,3-4,6H2,1-2H3,(H,16,19)(H,18,23). The molecule has 3 heterocycles. The summed E-state index contributed by atoms with van der Waals surface area (Å²) in [5.41, 5.74) is 4.08. The van der Waals surface area contributed by atoms with E-state index in [0.717, 1.165) is 36.3 Å². The number of carbonyl (C=O) groups excluding carboxylic acids is 1. The molecule has 4 rings (SSSR count). The number of hydrogen-bond acceptors (Lipinski definition) is 5. The van der Waals surface area contributed by atoms with E-state index in [1.807, 2.05) is 26.1 Å². The molecule has 0 fully saturated rings. The van der Waals surface area contributed by atoms with E-state index in [1.165, 1.54) is 5.56 Å². The number of nitrogens with one attached hydrogen (secondary N) is 2. The molecule has 0 aliphatic heterocycles. The topological polar surface area (TPSA) is 101 Å².